The van der Waals surface area contributed by atoms with E-state index in [4.69, 9.17) is 18.0 Å². The Bertz CT molecular complexity index is 469. The van der Waals surface area contributed by atoms with Crippen molar-refractivity contribution in [3.63, 3.8) is 0 Å². The molecule has 1 aromatic rings. The molecule has 0 atom stereocenters. The summed E-state index contributed by atoms with van der Waals surface area (Å²) in [6.07, 6.45) is 0.193. The van der Waals surface area contributed by atoms with Gasteiger partial charge in [0.2, 0.25) is 0 Å². The van der Waals surface area contributed by atoms with Gasteiger partial charge in [0.05, 0.1) is 0 Å². The van der Waals surface area contributed by atoms with Crippen LogP contribution in [0.5, 0.6) is 5.75 Å². The smallest absolute Gasteiger partial charge is 0.410 e. The zero-order chi connectivity index (χ0) is 17.3. The minimum Gasteiger partial charge on any atom is -0.410 e. The average molecular weight is 342 g/mol. The van der Waals surface area contributed by atoms with Crippen LogP contribution < -0.4 is 15.0 Å². The van der Waals surface area contributed by atoms with Gasteiger partial charge in [-0.25, -0.2) is 4.79 Å². The molecule has 1 aromatic carbocycles. The number of anilines is 1. The van der Waals surface area contributed by atoms with Gasteiger partial charge in [0.25, 0.3) is 0 Å². The van der Waals surface area contributed by atoms with Crippen molar-refractivity contribution >= 4 is 20.6 Å². The molecule has 130 valence electrons. The van der Waals surface area contributed by atoms with Crippen molar-refractivity contribution in [1.82, 2.24) is 5.32 Å². The Morgan fingerprint density at radius 1 is 1.09 bits per heavy atom. The van der Waals surface area contributed by atoms with Crippen LogP contribution in [0.25, 0.3) is 0 Å². The highest BCUT2D eigenvalue weighted by Gasteiger charge is 2.36. The zero-order valence-corrected chi connectivity index (χ0v) is 15.4. The van der Waals surface area contributed by atoms with Gasteiger partial charge >= 0.3 is 14.9 Å². The van der Waals surface area contributed by atoms with Gasteiger partial charge in [0, 0.05) is 53.7 Å². The molecule has 1 N–H and O–H groups in total. The van der Waals surface area contributed by atoms with Crippen LogP contribution in [-0.2, 0) is 13.3 Å². The monoisotopic (exact) mass is 342 g/mol. The molecule has 0 radical (unpaired) electrons. The van der Waals surface area contributed by atoms with Crippen molar-refractivity contribution in [2.75, 3.05) is 46.9 Å². The lowest BCUT2D eigenvalue weighted by molar-refractivity contribution is 0.123. The van der Waals surface area contributed by atoms with E-state index in [1.165, 1.54) is 0 Å². The topological polar surface area (TPSA) is 69.3 Å². The van der Waals surface area contributed by atoms with Crippen LogP contribution in [-0.4, -0.2) is 56.9 Å². The second-order valence-electron chi connectivity index (χ2n) is 5.10. The first-order chi connectivity index (χ1) is 11.0. The highest BCUT2D eigenvalue weighted by atomic mass is 28.4. The lowest BCUT2D eigenvalue weighted by Gasteiger charge is -2.24. The molecule has 1 rings (SSSR count). The molecule has 1 amide bonds. The average Bonchev–Trinajstić information content (AvgIpc) is 2.56. The maximum atomic E-state index is 11.7. The Hall–Kier alpha value is -1.61. The van der Waals surface area contributed by atoms with E-state index in [1.54, 1.807) is 33.5 Å². The number of nitrogens with one attached hydrogen (secondary N) is 1. The Labute approximate surface area is 138 Å². The molecule has 23 heavy (non-hydrogen) atoms. The van der Waals surface area contributed by atoms with Crippen LogP contribution in [0, 0.1) is 0 Å². The summed E-state index contributed by atoms with van der Waals surface area (Å²) in [4.78, 5) is 13.7. The predicted octanol–water partition coefficient (Wildman–Crippen LogP) is 2.11. The van der Waals surface area contributed by atoms with Gasteiger partial charge in [-0.2, -0.15) is 0 Å². The van der Waals surface area contributed by atoms with Crippen molar-refractivity contribution in [2.24, 2.45) is 0 Å². The van der Waals surface area contributed by atoms with Crippen LogP contribution in [0.4, 0.5) is 10.5 Å². The second kappa shape index (κ2) is 9.51. The van der Waals surface area contributed by atoms with Crippen LogP contribution >= 0.6 is 0 Å². The normalized spacial score (nSPS) is 11.2. The Kier molecular flexibility index (Phi) is 8.03. The Balaban J connectivity index is 2.34. The molecular formula is C15H26N2O5Si. The summed E-state index contributed by atoms with van der Waals surface area (Å²) in [5, 5.41) is 2.70. The van der Waals surface area contributed by atoms with E-state index in [-0.39, 0.29) is 0 Å². The summed E-state index contributed by atoms with van der Waals surface area (Å²) >= 11 is 0. The molecule has 7 nitrogen and oxygen atoms in total. The van der Waals surface area contributed by atoms with E-state index in [0.29, 0.717) is 24.8 Å². The van der Waals surface area contributed by atoms with Crippen LogP contribution in [0.1, 0.15) is 6.42 Å². The number of rotatable bonds is 9. The molecule has 0 saturated heterocycles. The van der Waals surface area contributed by atoms with Crippen LogP contribution in [0.3, 0.4) is 0 Å². The Morgan fingerprint density at radius 2 is 1.65 bits per heavy atom. The third-order valence-electron chi connectivity index (χ3n) is 3.43. The number of nitrogens with zero attached hydrogens (tertiary/aromatic N) is 1. The van der Waals surface area contributed by atoms with E-state index in [1.807, 2.05) is 31.1 Å². The lowest BCUT2D eigenvalue weighted by atomic mass is 10.3. The number of hydrogen-bond donors (Lipinski definition) is 1. The second-order valence-corrected chi connectivity index (χ2v) is 8.19. The van der Waals surface area contributed by atoms with Gasteiger partial charge < -0.3 is 28.2 Å². The maximum absolute atomic E-state index is 11.7. The number of carbonyl (C=O) groups excluding carboxylic acids is 1. The number of benzene rings is 1. The molecule has 0 bridgehead atoms. The summed E-state index contributed by atoms with van der Waals surface area (Å²) in [5.74, 6) is 0.502. The lowest BCUT2D eigenvalue weighted by Crippen LogP contribution is -2.43. The third kappa shape index (κ3) is 6.18. The predicted molar refractivity (Wildman–Crippen MR) is 91.0 cm³/mol. The molecule has 0 heterocycles. The van der Waals surface area contributed by atoms with Crippen LogP contribution in [0.2, 0.25) is 6.04 Å². The highest BCUT2D eigenvalue weighted by Crippen LogP contribution is 2.17. The molecular weight excluding hydrogens is 316 g/mol. The van der Waals surface area contributed by atoms with Crippen molar-refractivity contribution in [2.45, 2.75) is 12.5 Å². The third-order valence-corrected chi connectivity index (χ3v) is 6.26. The molecule has 0 aliphatic heterocycles. The minimum absolute atomic E-state index is 0.458. The number of hydrogen-bond acceptors (Lipinski definition) is 6. The summed E-state index contributed by atoms with van der Waals surface area (Å²) in [6, 6.07) is 7.91. The standard InChI is InChI=1S/C15H26N2O5Si/c1-17(2)13-7-9-14(10-8-13)22-15(18)16-11-6-12-23(19-3,20-4)21-5/h7-10H,6,11-12H2,1-5H3,(H,16,18). The van der Waals surface area contributed by atoms with Gasteiger partial charge in [-0.1, -0.05) is 0 Å². The molecule has 0 unspecified atom stereocenters. The minimum atomic E-state index is -2.58. The maximum Gasteiger partial charge on any atom is 0.500 e. The van der Waals surface area contributed by atoms with Gasteiger partial charge in [0.1, 0.15) is 5.75 Å². The molecule has 0 aliphatic rings. The number of carbonyl (C=O) groups is 1. The molecule has 0 aliphatic carbocycles. The molecule has 0 saturated carbocycles. The first kappa shape index (κ1) is 19.4. The summed E-state index contributed by atoms with van der Waals surface area (Å²) in [6.45, 7) is 0.458. The number of ether oxygens (including phenoxy) is 1. The number of amides is 1. The van der Waals surface area contributed by atoms with Crippen molar-refractivity contribution in [3.8, 4) is 5.75 Å². The van der Waals surface area contributed by atoms with Crippen molar-refractivity contribution in [3.05, 3.63) is 24.3 Å². The van der Waals surface area contributed by atoms with Crippen molar-refractivity contribution < 1.29 is 22.8 Å². The van der Waals surface area contributed by atoms with E-state index in [0.717, 1.165) is 5.69 Å². The van der Waals surface area contributed by atoms with E-state index < -0.39 is 14.9 Å². The summed E-state index contributed by atoms with van der Waals surface area (Å²) in [5.41, 5.74) is 1.04. The summed E-state index contributed by atoms with van der Waals surface area (Å²) < 4.78 is 21.2. The molecule has 0 fully saturated rings. The van der Waals surface area contributed by atoms with Gasteiger partial charge in [-0.05, 0) is 30.7 Å². The Morgan fingerprint density at radius 3 is 2.13 bits per heavy atom. The molecule has 8 heteroatoms. The van der Waals surface area contributed by atoms with Crippen molar-refractivity contribution in [1.29, 1.82) is 0 Å². The zero-order valence-electron chi connectivity index (χ0n) is 14.4. The molecule has 0 spiro atoms. The fraction of sp³-hybridized carbons (Fsp3) is 0.533. The van der Waals surface area contributed by atoms with E-state index in [2.05, 4.69) is 5.32 Å². The SMILES string of the molecule is CO[Si](CCCNC(=O)Oc1ccc(N(C)C)cc1)(OC)OC. The van der Waals surface area contributed by atoms with E-state index in [9.17, 15) is 4.79 Å². The first-order valence-electron chi connectivity index (χ1n) is 7.35. The van der Waals surface area contributed by atoms with E-state index >= 15 is 0 Å². The van der Waals surface area contributed by atoms with Gasteiger partial charge in [-0.3, -0.25) is 0 Å². The first-order valence-corrected chi connectivity index (χ1v) is 9.28. The fourth-order valence-corrected chi connectivity index (χ4v) is 3.73. The largest absolute Gasteiger partial charge is 0.500 e. The highest BCUT2D eigenvalue weighted by molar-refractivity contribution is 6.60. The van der Waals surface area contributed by atoms with Crippen LogP contribution in [0.15, 0.2) is 24.3 Å². The van der Waals surface area contributed by atoms with Gasteiger partial charge in [-0.15, -0.1) is 0 Å². The van der Waals surface area contributed by atoms with Gasteiger partial charge in [0.15, 0.2) is 0 Å². The fourth-order valence-electron chi connectivity index (χ4n) is 2.01. The molecule has 0 aromatic heterocycles. The quantitative estimate of drug-likeness (QED) is 0.547. The summed E-state index contributed by atoms with van der Waals surface area (Å²) in [7, 11) is 6.03.